The zero-order valence-corrected chi connectivity index (χ0v) is 16.1. The summed E-state index contributed by atoms with van der Waals surface area (Å²) in [5.41, 5.74) is 2.61. The highest BCUT2D eigenvalue weighted by molar-refractivity contribution is 14.1. The van der Waals surface area contributed by atoms with Crippen molar-refractivity contribution in [1.82, 2.24) is 14.3 Å². The van der Waals surface area contributed by atoms with Gasteiger partial charge in [-0.2, -0.15) is 0 Å². The molecule has 0 radical (unpaired) electrons. The Bertz CT molecular complexity index is 1190. The largest absolute Gasteiger partial charge is 0.352 e. The van der Waals surface area contributed by atoms with Crippen LogP contribution in [-0.2, 0) is 7.05 Å². The first-order valence-corrected chi connectivity index (χ1v) is 9.43. The summed E-state index contributed by atoms with van der Waals surface area (Å²) in [5.74, 6) is -0.325. The summed E-state index contributed by atoms with van der Waals surface area (Å²) in [5, 5.41) is 3.37. The van der Waals surface area contributed by atoms with Gasteiger partial charge in [0.15, 0.2) is 0 Å². The summed E-state index contributed by atoms with van der Waals surface area (Å²) in [4.78, 5) is 26.5. The molecule has 0 saturated carbocycles. The normalized spacial score (nSPS) is 11.6. The zero-order chi connectivity index (χ0) is 17.0. The van der Waals surface area contributed by atoms with Crippen LogP contribution in [0.4, 0.5) is 0 Å². The van der Waals surface area contributed by atoms with Crippen LogP contribution in [-0.4, -0.2) is 21.4 Å². The Labute approximate surface area is 155 Å². The predicted molar refractivity (Wildman–Crippen MR) is 106 cm³/mol. The van der Waals surface area contributed by atoms with Crippen molar-refractivity contribution in [1.29, 1.82) is 0 Å². The third-order valence-corrected chi connectivity index (χ3v) is 6.04. The van der Waals surface area contributed by atoms with Gasteiger partial charge in [0.2, 0.25) is 5.43 Å². The van der Waals surface area contributed by atoms with Crippen molar-refractivity contribution in [3.8, 4) is 0 Å². The first-order valence-electron chi connectivity index (χ1n) is 7.54. The van der Waals surface area contributed by atoms with E-state index in [1.54, 1.807) is 11.3 Å². The van der Waals surface area contributed by atoms with Crippen LogP contribution < -0.4 is 10.7 Å². The maximum Gasteiger partial charge on any atom is 0.259 e. The number of nitrogens with one attached hydrogen (secondary N) is 1. The fourth-order valence-corrected chi connectivity index (χ4v) is 5.01. The number of para-hydroxylation sites is 2. The first kappa shape index (κ1) is 15.6. The van der Waals surface area contributed by atoms with Gasteiger partial charge in [-0.1, -0.05) is 12.1 Å². The number of amides is 1. The molecule has 4 rings (SSSR count). The minimum absolute atomic E-state index is 0.206. The molecule has 3 heterocycles. The molecule has 5 nitrogen and oxygen atoms in total. The summed E-state index contributed by atoms with van der Waals surface area (Å²) in [6.45, 7) is 2.33. The van der Waals surface area contributed by atoms with Crippen LogP contribution in [0.3, 0.4) is 0 Å². The Kier molecular flexibility index (Phi) is 3.65. The van der Waals surface area contributed by atoms with Gasteiger partial charge in [0.25, 0.3) is 5.91 Å². The maximum absolute atomic E-state index is 13.0. The van der Waals surface area contributed by atoms with Gasteiger partial charge in [-0.05, 0) is 47.7 Å². The van der Waals surface area contributed by atoms with Crippen LogP contribution in [0, 0.1) is 2.88 Å². The lowest BCUT2D eigenvalue weighted by atomic mass is 10.2. The number of nitrogens with zero attached hydrogens (tertiary/aromatic N) is 2. The molecule has 0 bridgehead atoms. The fourth-order valence-electron chi connectivity index (χ4n) is 3.17. The Morgan fingerprint density at radius 2 is 2.00 bits per heavy atom. The standard InChI is InChI=1S/C17H14IN3O2S/c1-3-19-15(23)13-14(22)9-8-12(18)24-17(9)21-11-7-5-4-6-10(11)20(2)16(13)21/h4-8H,3H2,1-2H3,(H,19,23). The number of hydrogen-bond donors (Lipinski definition) is 1. The van der Waals surface area contributed by atoms with Gasteiger partial charge in [-0.15, -0.1) is 11.3 Å². The molecule has 1 aromatic carbocycles. The van der Waals surface area contributed by atoms with Crippen molar-refractivity contribution < 1.29 is 4.79 Å². The average Bonchev–Trinajstić information content (AvgIpc) is 3.08. The second-order valence-electron chi connectivity index (χ2n) is 5.54. The molecule has 1 N–H and O–H groups in total. The maximum atomic E-state index is 13.0. The lowest BCUT2D eigenvalue weighted by molar-refractivity contribution is 0.0956. The van der Waals surface area contributed by atoms with E-state index >= 15 is 0 Å². The van der Waals surface area contributed by atoms with E-state index < -0.39 is 0 Å². The molecular formula is C17H14IN3O2S. The lowest BCUT2D eigenvalue weighted by Crippen LogP contribution is -2.29. The highest BCUT2D eigenvalue weighted by atomic mass is 127. The van der Waals surface area contributed by atoms with Gasteiger partial charge in [-0.3, -0.25) is 14.0 Å². The summed E-state index contributed by atoms with van der Waals surface area (Å²) in [7, 11) is 1.89. The van der Waals surface area contributed by atoms with Gasteiger partial charge >= 0.3 is 0 Å². The van der Waals surface area contributed by atoms with Crippen molar-refractivity contribution in [2.24, 2.45) is 7.05 Å². The lowest BCUT2D eigenvalue weighted by Gasteiger charge is -2.07. The molecule has 4 aromatic rings. The monoisotopic (exact) mass is 451 g/mol. The number of carbonyl (C=O) groups is 1. The molecule has 0 unspecified atom stereocenters. The summed E-state index contributed by atoms with van der Waals surface area (Å²) >= 11 is 3.78. The zero-order valence-electron chi connectivity index (χ0n) is 13.1. The Morgan fingerprint density at radius 3 is 2.71 bits per heavy atom. The molecule has 0 atom stereocenters. The van der Waals surface area contributed by atoms with E-state index in [0.717, 1.165) is 18.7 Å². The number of rotatable bonds is 2. The molecular weight excluding hydrogens is 437 g/mol. The van der Waals surface area contributed by atoms with Crippen LogP contribution in [0.2, 0.25) is 0 Å². The Balaban J connectivity index is 2.35. The third kappa shape index (κ3) is 2.04. The summed E-state index contributed by atoms with van der Waals surface area (Å²) < 4.78 is 4.98. The van der Waals surface area contributed by atoms with Gasteiger partial charge in [0, 0.05) is 13.6 Å². The average molecular weight is 451 g/mol. The van der Waals surface area contributed by atoms with Crippen LogP contribution in [0.15, 0.2) is 35.1 Å². The molecule has 0 aliphatic rings. The third-order valence-electron chi connectivity index (χ3n) is 4.16. The van der Waals surface area contributed by atoms with Gasteiger partial charge in [0.05, 0.1) is 19.3 Å². The molecule has 122 valence electrons. The van der Waals surface area contributed by atoms with E-state index in [-0.39, 0.29) is 16.9 Å². The number of halogens is 1. The van der Waals surface area contributed by atoms with Gasteiger partial charge < -0.3 is 9.88 Å². The molecule has 3 aromatic heterocycles. The van der Waals surface area contributed by atoms with Crippen molar-refractivity contribution in [2.45, 2.75) is 6.92 Å². The number of carbonyl (C=O) groups excluding carboxylic acids is 1. The molecule has 0 fully saturated rings. The number of benzene rings is 1. The fraction of sp³-hybridized carbons (Fsp3) is 0.176. The number of thiophene rings is 1. The Morgan fingerprint density at radius 1 is 1.29 bits per heavy atom. The molecule has 0 aliphatic carbocycles. The number of imidazole rings is 1. The van der Waals surface area contributed by atoms with Crippen LogP contribution in [0.1, 0.15) is 17.3 Å². The van der Waals surface area contributed by atoms with E-state index in [0.29, 0.717) is 17.6 Å². The van der Waals surface area contributed by atoms with E-state index in [4.69, 9.17) is 0 Å². The van der Waals surface area contributed by atoms with Gasteiger partial charge in [-0.25, -0.2) is 0 Å². The van der Waals surface area contributed by atoms with Crippen molar-refractivity contribution in [2.75, 3.05) is 6.54 Å². The first-order chi connectivity index (χ1) is 11.5. The number of aryl methyl sites for hydroxylation is 1. The highest BCUT2D eigenvalue weighted by Crippen LogP contribution is 2.31. The predicted octanol–water partition coefficient (Wildman–Crippen LogP) is 3.36. The van der Waals surface area contributed by atoms with Crippen molar-refractivity contribution in [3.63, 3.8) is 0 Å². The molecule has 1 amide bonds. The van der Waals surface area contributed by atoms with Crippen LogP contribution >= 0.6 is 33.9 Å². The minimum atomic E-state index is -0.325. The summed E-state index contributed by atoms with van der Waals surface area (Å²) in [6.07, 6.45) is 0. The molecule has 24 heavy (non-hydrogen) atoms. The molecule has 0 aliphatic heterocycles. The number of pyridine rings is 1. The van der Waals surface area contributed by atoms with Crippen molar-refractivity contribution >= 4 is 66.7 Å². The van der Waals surface area contributed by atoms with E-state index in [2.05, 4.69) is 27.9 Å². The Hall–Kier alpha value is -1.87. The van der Waals surface area contributed by atoms with Crippen molar-refractivity contribution in [3.05, 3.63) is 49.0 Å². The highest BCUT2D eigenvalue weighted by Gasteiger charge is 2.24. The smallest absolute Gasteiger partial charge is 0.259 e. The second kappa shape index (κ2) is 5.59. The SMILES string of the molecule is CCNC(=O)c1c(=O)c2cc(I)sc2n2c3ccccc3n(C)c12. The topological polar surface area (TPSA) is 55.5 Å². The summed E-state index contributed by atoms with van der Waals surface area (Å²) in [6, 6.07) is 9.80. The number of hydrogen-bond acceptors (Lipinski definition) is 3. The van der Waals surface area contributed by atoms with E-state index in [9.17, 15) is 9.59 Å². The van der Waals surface area contributed by atoms with Gasteiger partial charge in [0.1, 0.15) is 16.0 Å². The number of fused-ring (bicyclic) bond motifs is 5. The van der Waals surface area contributed by atoms with Crippen LogP contribution in [0.25, 0.3) is 26.9 Å². The quantitative estimate of drug-likeness (QED) is 0.476. The molecule has 0 saturated heterocycles. The second-order valence-corrected chi connectivity index (χ2v) is 8.46. The molecule has 7 heteroatoms. The molecule has 0 spiro atoms. The van der Waals surface area contributed by atoms with E-state index in [1.807, 2.05) is 53.3 Å². The minimum Gasteiger partial charge on any atom is -0.352 e. The van der Waals surface area contributed by atoms with E-state index in [1.165, 1.54) is 0 Å². The van der Waals surface area contributed by atoms with Crippen LogP contribution in [0.5, 0.6) is 0 Å². The number of aromatic nitrogens is 2.